The molecule has 0 fully saturated rings. The Labute approximate surface area is 173 Å². The Morgan fingerprint density at radius 3 is 2.21 bits per heavy atom. The molecule has 0 aliphatic carbocycles. The molecule has 2 rings (SSSR count). The third-order valence-corrected chi connectivity index (χ3v) is 5.83. The molecule has 9 heteroatoms. The first kappa shape index (κ1) is 24.2. The molecule has 3 N–H and O–H groups in total. The number of hydrogen-bond donors (Lipinski definition) is 2. The Bertz CT molecular complexity index is 906. The summed E-state index contributed by atoms with van der Waals surface area (Å²) in [5.74, 6) is 0.159. The van der Waals surface area contributed by atoms with Crippen molar-refractivity contribution >= 4 is 28.3 Å². The number of sulfonamides is 1. The van der Waals surface area contributed by atoms with E-state index in [-0.39, 0.29) is 29.8 Å². The fourth-order valence-corrected chi connectivity index (χ4v) is 3.78. The monoisotopic (exact) mass is 428 g/mol. The fourth-order valence-electron chi connectivity index (χ4n) is 2.65. The third kappa shape index (κ3) is 5.57. The standard InChI is InChI=1S/C19H28N4O3S.ClH/c1-13(2)14-6-8-15(9-7-14)17(20)11-21-27(25,26)16-10-18(23(5)12-16)19(24)22(3)4;/h6-10,12-13,17,21H,11,20H2,1-5H3;1H. The molecule has 7 nitrogen and oxygen atoms in total. The lowest BCUT2D eigenvalue weighted by Crippen LogP contribution is -2.31. The van der Waals surface area contributed by atoms with Gasteiger partial charge in [-0.05, 0) is 23.1 Å². The summed E-state index contributed by atoms with van der Waals surface area (Å²) in [6, 6.07) is 8.76. The van der Waals surface area contributed by atoms with Crippen molar-refractivity contribution in [2.24, 2.45) is 12.8 Å². The fraction of sp³-hybridized carbons (Fsp3) is 0.421. The number of aromatic nitrogens is 1. The van der Waals surface area contributed by atoms with Crippen LogP contribution in [0.2, 0.25) is 0 Å². The number of carbonyl (C=O) groups excluding carboxylic acids is 1. The van der Waals surface area contributed by atoms with Crippen LogP contribution in [0, 0.1) is 0 Å². The minimum absolute atomic E-state index is 0. The molecule has 0 radical (unpaired) electrons. The molecule has 0 saturated carbocycles. The van der Waals surface area contributed by atoms with Gasteiger partial charge in [0.1, 0.15) is 10.6 Å². The van der Waals surface area contributed by atoms with Crippen molar-refractivity contribution in [1.29, 1.82) is 0 Å². The SMILES string of the molecule is CC(C)c1ccc(C(N)CNS(=O)(=O)c2cc(C(=O)N(C)C)n(C)c2)cc1.Cl. The maximum Gasteiger partial charge on any atom is 0.269 e. The van der Waals surface area contributed by atoms with Gasteiger partial charge in [-0.15, -0.1) is 12.4 Å². The van der Waals surface area contributed by atoms with Crippen LogP contribution in [-0.4, -0.2) is 44.4 Å². The van der Waals surface area contributed by atoms with Crippen LogP contribution in [0.3, 0.4) is 0 Å². The van der Waals surface area contributed by atoms with Gasteiger partial charge in [0, 0.05) is 39.9 Å². The maximum atomic E-state index is 12.6. The molecule has 0 aliphatic rings. The number of nitrogens with one attached hydrogen (secondary N) is 1. The highest BCUT2D eigenvalue weighted by atomic mass is 35.5. The highest BCUT2D eigenvalue weighted by Crippen LogP contribution is 2.19. The van der Waals surface area contributed by atoms with Gasteiger partial charge in [0.15, 0.2) is 0 Å². The normalized spacial score (nSPS) is 12.5. The molecule has 0 saturated heterocycles. The Kier molecular flexibility index (Phi) is 8.25. The molecule has 1 atom stereocenters. The van der Waals surface area contributed by atoms with E-state index in [1.54, 1.807) is 21.1 Å². The highest BCUT2D eigenvalue weighted by molar-refractivity contribution is 7.89. The van der Waals surface area contributed by atoms with Crippen LogP contribution >= 0.6 is 12.4 Å². The van der Waals surface area contributed by atoms with E-state index in [9.17, 15) is 13.2 Å². The van der Waals surface area contributed by atoms with E-state index >= 15 is 0 Å². The lowest BCUT2D eigenvalue weighted by molar-refractivity contribution is 0.0818. The van der Waals surface area contributed by atoms with Gasteiger partial charge in [-0.25, -0.2) is 13.1 Å². The van der Waals surface area contributed by atoms with Crippen molar-refractivity contribution in [3.63, 3.8) is 0 Å². The second-order valence-electron chi connectivity index (χ2n) is 7.15. The molecule has 0 spiro atoms. The van der Waals surface area contributed by atoms with Gasteiger partial charge in [0.2, 0.25) is 10.0 Å². The summed E-state index contributed by atoms with van der Waals surface area (Å²) in [6.07, 6.45) is 1.42. The van der Waals surface area contributed by atoms with E-state index in [0.29, 0.717) is 11.6 Å². The minimum atomic E-state index is -3.77. The Balaban J connectivity index is 0.00000392. The molecule has 1 heterocycles. The number of amides is 1. The first-order valence-corrected chi connectivity index (χ1v) is 10.2. The Morgan fingerprint density at radius 2 is 1.71 bits per heavy atom. The molecule has 1 aromatic heterocycles. The summed E-state index contributed by atoms with van der Waals surface area (Å²) in [4.78, 5) is 13.5. The van der Waals surface area contributed by atoms with Crippen molar-refractivity contribution < 1.29 is 13.2 Å². The van der Waals surface area contributed by atoms with Gasteiger partial charge in [-0.2, -0.15) is 0 Å². The van der Waals surface area contributed by atoms with Crippen LogP contribution in [0.4, 0.5) is 0 Å². The Morgan fingerprint density at radius 1 is 1.18 bits per heavy atom. The topological polar surface area (TPSA) is 97.4 Å². The van der Waals surface area contributed by atoms with Crippen LogP contribution in [0.15, 0.2) is 41.4 Å². The molecule has 1 aromatic carbocycles. The van der Waals surface area contributed by atoms with E-state index in [0.717, 1.165) is 5.56 Å². The van der Waals surface area contributed by atoms with Crippen molar-refractivity contribution in [2.75, 3.05) is 20.6 Å². The van der Waals surface area contributed by atoms with E-state index < -0.39 is 16.1 Å². The van der Waals surface area contributed by atoms with Crippen LogP contribution in [-0.2, 0) is 17.1 Å². The summed E-state index contributed by atoms with van der Waals surface area (Å²) < 4.78 is 29.2. The number of halogens is 1. The predicted molar refractivity (Wildman–Crippen MR) is 113 cm³/mol. The second-order valence-corrected chi connectivity index (χ2v) is 8.92. The molecule has 0 bridgehead atoms. The van der Waals surface area contributed by atoms with Gasteiger partial charge in [-0.3, -0.25) is 4.79 Å². The van der Waals surface area contributed by atoms with Crippen molar-refractivity contribution in [3.8, 4) is 0 Å². The smallest absolute Gasteiger partial charge is 0.269 e. The number of rotatable bonds is 7. The second kappa shape index (κ2) is 9.56. The third-order valence-electron chi connectivity index (χ3n) is 4.44. The lowest BCUT2D eigenvalue weighted by atomic mass is 9.99. The molecule has 2 aromatic rings. The summed E-state index contributed by atoms with van der Waals surface area (Å²) in [7, 11) is 1.10. The van der Waals surface area contributed by atoms with E-state index in [2.05, 4.69) is 18.6 Å². The zero-order valence-corrected chi connectivity index (χ0v) is 18.5. The van der Waals surface area contributed by atoms with Crippen molar-refractivity contribution in [3.05, 3.63) is 53.3 Å². The summed E-state index contributed by atoms with van der Waals surface area (Å²) >= 11 is 0. The quantitative estimate of drug-likeness (QED) is 0.706. The van der Waals surface area contributed by atoms with Crippen LogP contribution in [0.5, 0.6) is 0 Å². The number of aryl methyl sites for hydroxylation is 1. The molecular weight excluding hydrogens is 400 g/mol. The molecular formula is C19H29ClN4O3S. The average Bonchev–Trinajstić information content (AvgIpc) is 3.01. The molecule has 156 valence electrons. The summed E-state index contributed by atoms with van der Waals surface area (Å²) in [5, 5.41) is 0. The predicted octanol–water partition coefficient (Wildman–Crippen LogP) is 2.25. The summed E-state index contributed by atoms with van der Waals surface area (Å²) in [6.45, 7) is 4.28. The zero-order chi connectivity index (χ0) is 20.4. The highest BCUT2D eigenvalue weighted by Gasteiger charge is 2.22. The van der Waals surface area contributed by atoms with E-state index in [1.807, 2.05) is 24.3 Å². The molecule has 1 unspecified atom stereocenters. The first-order chi connectivity index (χ1) is 12.5. The van der Waals surface area contributed by atoms with Gasteiger partial charge in [-0.1, -0.05) is 38.1 Å². The Hall–Kier alpha value is -1.87. The zero-order valence-electron chi connectivity index (χ0n) is 16.8. The van der Waals surface area contributed by atoms with Crippen molar-refractivity contribution in [1.82, 2.24) is 14.2 Å². The van der Waals surface area contributed by atoms with Crippen LogP contribution in [0.1, 0.15) is 47.4 Å². The van der Waals surface area contributed by atoms with Gasteiger partial charge in [0.05, 0.1) is 0 Å². The first-order valence-electron chi connectivity index (χ1n) is 8.76. The van der Waals surface area contributed by atoms with Crippen LogP contribution in [0.25, 0.3) is 0 Å². The van der Waals surface area contributed by atoms with Gasteiger partial charge >= 0.3 is 0 Å². The minimum Gasteiger partial charge on any atom is -0.345 e. The molecule has 28 heavy (non-hydrogen) atoms. The maximum absolute atomic E-state index is 12.6. The number of nitrogens with two attached hydrogens (primary N) is 1. The van der Waals surface area contributed by atoms with E-state index in [1.165, 1.54) is 27.3 Å². The lowest BCUT2D eigenvalue weighted by Gasteiger charge is -2.14. The molecule has 1 amide bonds. The number of nitrogens with zero attached hydrogens (tertiary/aromatic N) is 2. The van der Waals surface area contributed by atoms with E-state index in [4.69, 9.17) is 5.73 Å². The average molecular weight is 429 g/mol. The van der Waals surface area contributed by atoms with Gasteiger partial charge < -0.3 is 15.2 Å². The number of benzene rings is 1. The largest absolute Gasteiger partial charge is 0.345 e. The van der Waals surface area contributed by atoms with Gasteiger partial charge in [0.25, 0.3) is 5.91 Å². The number of carbonyl (C=O) groups is 1. The van der Waals surface area contributed by atoms with Crippen LogP contribution < -0.4 is 10.5 Å². The number of hydrogen-bond acceptors (Lipinski definition) is 4. The van der Waals surface area contributed by atoms with Crippen molar-refractivity contribution in [2.45, 2.75) is 30.7 Å². The summed E-state index contributed by atoms with van der Waals surface area (Å²) in [5.41, 5.74) is 8.50. The molecule has 0 aliphatic heterocycles.